The predicted octanol–water partition coefficient (Wildman–Crippen LogP) is 3.08. The maximum atomic E-state index is 4.81. The summed E-state index contributed by atoms with van der Waals surface area (Å²) in [4.78, 5) is 14.5. The topological polar surface area (TPSA) is 32.3 Å². The highest BCUT2D eigenvalue weighted by atomic mass is 15.3. The maximum absolute atomic E-state index is 4.81. The fraction of sp³-hybridized carbons (Fsp3) is 0.556. The normalized spacial score (nSPS) is 21.4. The van der Waals surface area contributed by atoms with Gasteiger partial charge in [0.15, 0.2) is 0 Å². The Bertz CT molecular complexity index is 636. The molecular weight excluding hydrogens is 272 g/mol. The number of benzene rings is 1. The number of para-hydroxylation sites is 2. The van der Waals surface area contributed by atoms with Crippen LogP contribution in [0.2, 0.25) is 0 Å². The predicted molar refractivity (Wildman–Crippen MR) is 90.2 cm³/mol. The molecule has 0 bridgehead atoms. The summed E-state index contributed by atoms with van der Waals surface area (Å²) in [5, 5.41) is 0. The molecule has 2 heterocycles. The van der Waals surface area contributed by atoms with Crippen LogP contribution in [-0.2, 0) is 0 Å². The smallest absolute Gasteiger partial charge is 0.147 e. The van der Waals surface area contributed by atoms with Crippen molar-refractivity contribution in [2.75, 3.05) is 31.1 Å². The van der Waals surface area contributed by atoms with Crippen LogP contribution in [0.15, 0.2) is 30.5 Å². The molecular formula is C18H24N4. The van der Waals surface area contributed by atoms with Gasteiger partial charge in [-0.15, -0.1) is 0 Å². The Morgan fingerprint density at radius 1 is 0.864 bits per heavy atom. The maximum Gasteiger partial charge on any atom is 0.147 e. The zero-order chi connectivity index (χ0) is 14.8. The highest BCUT2D eigenvalue weighted by molar-refractivity contribution is 5.75. The number of anilines is 1. The van der Waals surface area contributed by atoms with Crippen molar-refractivity contribution in [1.29, 1.82) is 0 Å². The van der Waals surface area contributed by atoms with Crippen molar-refractivity contribution in [1.82, 2.24) is 14.9 Å². The average molecular weight is 296 g/mol. The third-order valence-corrected chi connectivity index (χ3v) is 5.13. The Labute approximate surface area is 132 Å². The number of fused-ring (bicyclic) bond motifs is 1. The first kappa shape index (κ1) is 13.9. The second-order valence-corrected chi connectivity index (χ2v) is 6.53. The third-order valence-electron chi connectivity index (χ3n) is 5.13. The summed E-state index contributed by atoms with van der Waals surface area (Å²) in [5.41, 5.74) is 1.98. The second-order valence-electron chi connectivity index (χ2n) is 6.53. The summed E-state index contributed by atoms with van der Waals surface area (Å²) >= 11 is 0. The third kappa shape index (κ3) is 2.80. The van der Waals surface area contributed by atoms with Crippen LogP contribution in [-0.4, -0.2) is 47.1 Å². The van der Waals surface area contributed by atoms with Gasteiger partial charge in [-0.3, -0.25) is 9.88 Å². The first-order valence-electron chi connectivity index (χ1n) is 8.61. The largest absolute Gasteiger partial charge is 0.354 e. The average Bonchev–Trinajstić information content (AvgIpc) is 2.99. The summed E-state index contributed by atoms with van der Waals surface area (Å²) in [6, 6.07) is 8.96. The van der Waals surface area contributed by atoms with E-state index in [1.807, 2.05) is 24.4 Å². The van der Waals surface area contributed by atoms with E-state index in [1.54, 1.807) is 0 Å². The van der Waals surface area contributed by atoms with Crippen molar-refractivity contribution in [2.45, 2.75) is 38.1 Å². The molecule has 4 nitrogen and oxygen atoms in total. The van der Waals surface area contributed by atoms with Crippen LogP contribution in [0.5, 0.6) is 0 Å². The lowest BCUT2D eigenvalue weighted by atomic mass is 10.2. The molecule has 0 radical (unpaired) electrons. The first-order valence-corrected chi connectivity index (χ1v) is 8.61. The lowest BCUT2D eigenvalue weighted by Crippen LogP contribution is -2.37. The van der Waals surface area contributed by atoms with Gasteiger partial charge < -0.3 is 4.90 Å². The molecule has 116 valence electrons. The summed E-state index contributed by atoms with van der Waals surface area (Å²) < 4.78 is 0. The fourth-order valence-electron chi connectivity index (χ4n) is 3.90. The molecule has 2 aliphatic rings. The van der Waals surface area contributed by atoms with Crippen LogP contribution in [0.1, 0.15) is 32.1 Å². The van der Waals surface area contributed by atoms with Crippen LogP contribution >= 0.6 is 0 Å². The monoisotopic (exact) mass is 296 g/mol. The van der Waals surface area contributed by atoms with Crippen LogP contribution in [0.4, 0.5) is 5.82 Å². The van der Waals surface area contributed by atoms with Gasteiger partial charge in [-0.1, -0.05) is 25.0 Å². The van der Waals surface area contributed by atoms with Gasteiger partial charge in [0.2, 0.25) is 0 Å². The van der Waals surface area contributed by atoms with Crippen molar-refractivity contribution in [3.05, 3.63) is 30.5 Å². The molecule has 2 aromatic rings. The Kier molecular flexibility index (Phi) is 3.94. The zero-order valence-electron chi connectivity index (χ0n) is 13.1. The van der Waals surface area contributed by atoms with E-state index < -0.39 is 0 Å². The molecule has 0 unspecified atom stereocenters. The van der Waals surface area contributed by atoms with Crippen LogP contribution in [0.25, 0.3) is 11.0 Å². The van der Waals surface area contributed by atoms with Crippen LogP contribution < -0.4 is 4.90 Å². The van der Waals surface area contributed by atoms with E-state index in [4.69, 9.17) is 4.98 Å². The SMILES string of the molecule is c1ccc2nc(N3CCCN(C4CCCC4)CC3)cnc2c1. The summed E-state index contributed by atoms with van der Waals surface area (Å²) in [6.07, 6.45) is 8.80. The first-order chi connectivity index (χ1) is 10.9. The number of hydrogen-bond acceptors (Lipinski definition) is 4. The minimum absolute atomic E-state index is 0.836. The van der Waals surface area contributed by atoms with E-state index in [9.17, 15) is 0 Å². The van der Waals surface area contributed by atoms with Gasteiger partial charge in [0.05, 0.1) is 17.2 Å². The van der Waals surface area contributed by atoms with Gasteiger partial charge in [0.1, 0.15) is 5.82 Å². The highest BCUT2D eigenvalue weighted by Gasteiger charge is 2.25. The molecule has 1 saturated heterocycles. The van der Waals surface area contributed by atoms with Crippen molar-refractivity contribution >= 4 is 16.9 Å². The van der Waals surface area contributed by atoms with Gasteiger partial charge in [0, 0.05) is 32.2 Å². The van der Waals surface area contributed by atoms with E-state index in [1.165, 1.54) is 45.2 Å². The Balaban J connectivity index is 1.49. The molecule has 0 atom stereocenters. The summed E-state index contributed by atoms with van der Waals surface area (Å²) in [7, 11) is 0. The van der Waals surface area contributed by atoms with Crippen LogP contribution in [0, 0.1) is 0 Å². The van der Waals surface area contributed by atoms with E-state index in [2.05, 4.69) is 20.9 Å². The van der Waals surface area contributed by atoms with E-state index in [-0.39, 0.29) is 0 Å². The van der Waals surface area contributed by atoms with E-state index in [0.29, 0.717) is 0 Å². The van der Waals surface area contributed by atoms with Crippen molar-refractivity contribution in [2.24, 2.45) is 0 Å². The van der Waals surface area contributed by atoms with Crippen LogP contribution in [0.3, 0.4) is 0 Å². The highest BCUT2D eigenvalue weighted by Crippen LogP contribution is 2.25. The standard InChI is InChI=1S/C18H24N4/c1-2-7-15(6-1)21-10-5-11-22(13-12-21)18-14-19-16-8-3-4-9-17(16)20-18/h3-4,8-9,14-15H,1-2,5-7,10-13H2. The number of nitrogens with zero attached hydrogens (tertiary/aromatic N) is 4. The second kappa shape index (κ2) is 6.21. The Morgan fingerprint density at radius 3 is 2.55 bits per heavy atom. The zero-order valence-corrected chi connectivity index (χ0v) is 13.1. The molecule has 1 aliphatic heterocycles. The molecule has 1 aromatic heterocycles. The number of rotatable bonds is 2. The van der Waals surface area contributed by atoms with Gasteiger partial charge in [-0.2, -0.15) is 0 Å². The summed E-state index contributed by atoms with van der Waals surface area (Å²) in [5.74, 6) is 1.03. The lowest BCUT2D eigenvalue weighted by molar-refractivity contribution is 0.213. The number of hydrogen-bond donors (Lipinski definition) is 0. The molecule has 1 saturated carbocycles. The van der Waals surface area contributed by atoms with E-state index >= 15 is 0 Å². The molecule has 22 heavy (non-hydrogen) atoms. The van der Waals surface area contributed by atoms with Gasteiger partial charge in [0.25, 0.3) is 0 Å². The summed E-state index contributed by atoms with van der Waals surface area (Å²) in [6.45, 7) is 4.57. The molecule has 1 aromatic carbocycles. The Morgan fingerprint density at radius 2 is 1.68 bits per heavy atom. The van der Waals surface area contributed by atoms with Crippen molar-refractivity contribution < 1.29 is 0 Å². The van der Waals surface area contributed by atoms with Gasteiger partial charge in [-0.05, 0) is 31.4 Å². The molecule has 1 aliphatic carbocycles. The molecule has 4 heteroatoms. The van der Waals surface area contributed by atoms with Crippen molar-refractivity contribution in [3.8, 4) is 0 Å². The minimum atomic E-state index is 0.836. The molecule has 4 rings (SSSR count). The van der Waals surface area contributed by atoms with Gasteiger partial charge in [-0.25, -0.2) is 4.98 Å². The molecule has 0 amide bonds. The molecule has 0 N–H and O–H groups in total. The minimum Gasteiger partial charge on any atom is -0.354 e. The molecule has 2 fully saturated rings. The number of aromatic nitrogens is 2. The van der Waals surface area contributed by atoms with E-state index in [0.717, 1.165) is 36.0 Å². The van der Waals surface area contributed by atoms with Gasteiger partial charge >= 0.3 is 0 Å². The fourth-order valence-corrected chi connectivity index (χ4v) is 3.90. The molecule has 0 spiro atoms. The van der Waals surface area contributed by atoms with Crippen molar-refractivity contribution in [3.63, 3.8) is 0 Å². The quantitative estimate of drug-likeness (QED) is 0.852. The Hall–Kier alpha value is -1.68. The lowest BCUT2D eigenvalue weighted by Gasteiger charge is -2.27.